The fourth-order valence-corrected chi connectivity index (χ4v) is 1.55. The van der Waals surface area contributed by atoms with Crippen LogP contribution in [0.25, 0.3) is 0 Å². The highest BCUT2D eigenvalue weighted by molar-refractivity contribution is 5.86. The van der Waals surface area contributed by atoms with E-state index in [-0.39, 0.29) is 18.4 Å². The molecular weight excluding hydrogens is 278 g/mol. The normalized spacial score (nSPS) is 13.4. The van der Waals surface area contributed by atoms with Crippen LogP contribution in [0.5, 0.6) is 0 Å². The van der Waals surface area contributed by atoms with E-state index in [4.69, 9.17) is 9.84 Å². The van der Waals surface area contributed by atoms with Gasteiger partial charge in [0.15, 0.2) is 0 Å². The summed E-state index contributed by atoms with van der Waals surface area (Å²) in [6.45, 7) is 5.83. The Morgan fingerprint density at radius 3 is 2.24 bits per heavy atom. The van der Waals surface area contributed by atoms with Crippen molar-refractivity contribution in [2.24, 2.45) is 11.8 Å². The van der Waals surface area contributed by atoms with Crippen molar-refractivity contribution >= 4 is 17.9 Å². The molecule has 0 saturated heterocycles. The van der Waals surface area contributed by atoms with Crippen LogP contribution in [0.3, 0.4) is 0 Å². The molecule has 0 spiro atoms. The van der Waals surface area contributed by atoms with E-state index in [9.17, 15) is 14.4 Å². The number of aliphatic carboxylic acids is 1. The van der Waals surface area contributed by atoms with Gasteiger partial charge in [-0.3, -0.25) is 9.59 Å². The summed E-state index contributed by atoms with van der Waals surface area (Å²) in [6.07, 6.45) is 0. The van der Waals surface area contributed by atoms with Gasteiger partial charge in [-0.25, -0.2) is 4.79 Å². The fourth-order valence-electron chi connectivity index (χ4n) is 1.55. The molecule has 0 radical (unpaired) electrons. The zero-order valence-electron chi connectivity index (χ0n) is 12.9. The number of carbonyl (C=O) groups excluding carboxylic acids is 2. The zero-order valence-corrected chi connectivity index (χ0v) is 12.9. The van der Waals surface area contributed by atoms with Gasteiger partial charge in [-0.15, -0.1) is 0 Å². The first kappa shape index (κ1) is 19.2. The molecule has 0 saturated carbocycles. The van der Waals surface area contributed by atoms with Crippen molar-refractivity contribution in [3.8, 4) is 0 Å². The summed E-state index contributed by atoms with van der Waals surface area (Å²) in [5, 5.41) is 16.5. The minimum atomic E-state index is -0.962. The number of nitrogens with one attached hydrogen (secondary N) is 3. The Morgan fingerprint density at radius 1 is 1.14 bits per heavy atom. The van der Waals surface area contributed by atoms with Crippen molar-refractivity contribution in [1.29, 1.82) is 0 Å². The van der Waals surface area contributed by atoms with Gasteiger partial charge in [0.05, 0.1) is 12.5 Å². The second-order valence-corrected chi connectivity index (χ2v) is 5.05. The summed E-state index contributed by atoms with van der Waals surface area (Å²) in [6, 6.07) is -1.29. The van der Waals surface area contributed by atoms with Gasteiger partial charge in [0.2, 0.25) is 5.91 Å². The topological polar surface area (TPSA) is 117 Å². The molecule has 0 aliphatic carbocycles. The fraction of sp³-hybridized carbons (Fsp3) is 0.769. The minimum Gasteiger partial charge on any atom is -0.481 e. The molecule has 0 aromatic carbocycles. The number of carboxylic acid groups (broad SMARTS) is 1. The summed E-state index contributed by atoms with van der Waals surface area (Å²) in [5.74, 6) is -2.06. The van der Waals surface area contributed by atoms with Crippen LogP contribution in [-0.2, 0) is 14.3 Å². The van der Waals surface area contributed by atoms with Gasteiger partial charge < -0.3 is 25.8 Å². The lowest BCUT2D eigenvalue weighted by atomic mass is 9.96. The van der Waals surface area contributed by atoms with Crippen LogP contribution in [0.1, 0.15) is 20.8 Å². The van der Waals surface area contributed by atoms with Gasteiger partial charge in [-0.1, -0.05) is 13.8 Å². The largest absolute Gasteiger partial charge is 0.481 e. The monoisotopic (exact) mass is 303 g/mol. The molecule has 0 fully saturated rings. The highest BCUT2D eigenvalue weighted by Gasteiger charge is 2.22. The molecular formula is C13H25N3O5. The quantitative estimate of drug-likeness (QED) is 0.440. The Kier molecular flexibility index (Phi) is 9.11. The van der Waals surface area contributed by atoms with Crippen molar-refractivity contribution in [3.63, 3.8) is 0 Å². The van der Waals surface area contributed by atoms with Gasteiger partial charge in [0.25, 0.3) is 0 Å². The van der Waals surface area contributed by atoms with E-state index in [2.05, 4.69) is 16.0 Å². The van der Waals surface area contributed by atoms with Crippen LogP contribution < -0.4 is 16.0 Å². The minimum absolute atomic E-state index is 0.0108. The molecule has 0 rings (SSSR count). The van der Waals surface area contributed by atoms with E-state index in [1.54, 1.807) is 20.8 Å². The first-order chi connectivity index (χ1) is 9.79. The molecule has 0 heterocycles. The first-order valence-electron chi connectivity index (χ1n) is 6.83. The molecule has 122 valence electrons. The molecule has 0 bridgehead atoms. The number of carboxylic acids is 1. The Hall–Kier alpha value is -1.83. The number of hydrogen-bond acceptors (Lipinski definition) is 4. The highest BCUT2D eigenvalue weighted by Crippen LogP contribution is 2.09. The summed E-state index contributed by atoms with van der Waals surface area (Å²) >= 11 is 0. The second-order valence-electron chi connectivity index (χ2n) is 5.05. The number of amides is 3. The van der Waals surface area contributed by atoms with Gasteiger partial charge in [0, 0.05) is 20.2 Å². The van der Waals surface area contributed by atoms with E-state index in [0.29, 0.717) is 13.2 Å². The van der Waals surface area contributed by atoms with E-state index in [1.807, 2.05) is 0 Å². The van der Waals surface area contributed by atoms with E-state index >= 15 is 0 Å². The number of hydrogen-bond donors (Lipinski definition) is 4. The summed E-state index contributed by atoms with van der Waals surface area (Å²) in [7, 11) is 1.52. The van der Waals surface area contributed by atoms with Gasteiger partial charge in [0.1, 0.15) is 6.04 Å². The molecule has 21 heavy (non-hydrogen) atoms. The van der Waals surface area contributed by atoms with E-state index in [0.717, 1.165) is 0 Å². The van der Waals surface area contributed by atoms with Crippen molar-refractivity contribution in [2.45, 2.75) is 26.8 Å². The van der Waals surface area contributed by atoms with Crippen LogP contribution in [0.2, 0.25) is 0 Å². The third kappa shape index (κ3) is 8.13. The second kappa shape index (κ2) is 9.98. The highest BCUT2D eigenvalue weighted by atomic mass is 16.5. The average molecular weight is 303 g/mol. The Bertz CT molecular complexity index is 360. The number of carbonyl (C=O) groups is 3. The number of methoxy groups -OCH3 is 1. The van der Waals surface area contributed by atoms with Crippen LogP contribution >= 0.6 is 0 Å². The zero-order chi connectivity index (χ0) is 16.4. The predicted octanol–water partition coefficient (Wildman–Crippen LogP) is -0.206. The van der Waals surface area contributed by atoms with Crippen LogP contribution in [-0.4, -0.2) is 55.9 Å². The van der Waals surface area contributed by atoms with Crippen LogP contribution in [0, 0.1) is 11.8 Å². The summed E-state index contributed by atoms with van der Waals surface area (Å²) in [5.41, 5.74) is 0. The number of urea groups is 1. The first-order valence-corrected chi connectivity index (χ1v) is 6.83. The van der Waals surface area contributed by atoms with Crippen molar-refractivity contribution < 1.29 is 24.2 Å². The predicted molar refractivity (Wildman–Crippen MR) is 76.8 cm³/mol. The molecule has 8 nitrogen and oxygen atoms in total. The third-order valence-corrected chi connectivity index (χ3v) is 2.95. The molecule has 8 heteroatoms. The van der Waals surface area contributed by atoms with Crippen molar-refractivity contribution in [2.75, 3.05) is 26.8 Å². The van der Waals surface area contributed by atoms with Gasteiger partial charge in [-0.05, 0) is 12.8 Å². The van der Waals surface area contributed by atoms with Gasteiger partial charge in [-0.2, -0.15) is 0 Å². The summed E-state index contributed by atoms with van der Waals surface area (Å²) in [4.78, 5) is 34.2. The molecule has 2 atom stereocenters. The lowest BCUT2D eigenvalue weighted by Crippen LogP contribution is -2.50. The van der Waals surface area contributed by atoms with Crippen LogP contribution in [0.4, 0.5) is 4.79 Å². The number of rotatable bonds is 9. The molecule has 4 N–H and O–H groups in total. The smallest absolute Gasteiger partial charge is 0.315 e. The Labute approximate surface area is 124 Å². The molecule has 0 aliphatic rings. The Balaban J connectivity index is 4.12. The molecule has 0 aromatic heterocycles. The maximum Gasteiger partial charge on any atom is 0.315 e. The van der Waals surface area contributed by atoms with Gasteiger partial charge >= 0.3 is 12.0 Å². The standard InChI is InChI=1S/C13H25N3O5/c1-8(2)10(12(18)19)7-15-13(20)16-9(3)11(17)14-5-6-21-4/h8-10H,5-7H2,1-4H3,(H,14,17)(H,18,19)(H2,15,16,20). The summed E-state index contributed by atoms with van der Waals surface area (Å²) < 4.78 is 4.79. The molecule has 0 aromatic rings. The third-order valence-electron chi connectivity index (χ3n) is 2.95. The molecule has 3 amide bonds. The SMILES string of the molecule is COCCNC(=O)C(C)NC(=O)NCC(C(=O)O)C(C)C. The molecule has 2 unspecified atom stereocenters. The number of ether oxygens (including phenoxy) is 1. The van der Waals surface area contributed by atoms with Crippen LogP contribution in [0.15, 0.2) is 0 Å². The maximum atomic E-state index is 11.6. The lowest BCUT2D eigenvalue weighted by Gasteiger charge is -2.18. The maximum absolute atomic E-state index is 11.6. The van der Waals surface area contributed by atoms with E-state index in [1.165, 1.54) is 7.11 Å². The Morgan fingerprint density at radius 2 is 1.76 bits per heavy atom. The average Bonchev–Trinajstić information content (AvgIpc) is 2.37. The van der Waals surface area contributed by atoms with Crippen molar-refractivity contribution in [3.05, 3.63) is 0 Å². The van der Waals surface area contributed by atoms with Crippen molar-refractivity contribution in [1.82, 2.24) is 16.0 Å². The lowest BCUT2D eigenvalue weighted by molar-refractivity contribution is -0.143. The molecule has 0 aliphatic heterocycles. The van der Waals surface area contributed by atoms with E-state index < -0.39 is 24.0 Å².